The summed E-state index contributed by atoms with van der Waals surface area (Å²) in [4.78, 5) is 0. The third-order valence-electron chi connectivity index (χ3n) is 3.11. The van der Waals surface area contributed by atoms with Crippen LogP contribution in [-0.2, 0) is 0 Å². The van der Waals surface area contributed by atoms with Crippen molar-refractivity contribution in [2.75, 3.05) is 6.54 Å². The van der Waals surface area contributed by atoms with Gasteiger partial charge in [-0.25, -0.2) is 0 Å². The van der Waals surface area contributed by atoms with E-state index in [1.54, 1.807) is 0 Å². The Balaban J connectivity index is 3.78. The molecule has 0 fully saturated rings. The van der Waals surface area contributed by atoms with Crippen LogP contribution in [0.25, 0.3) is 0 Å². The molecule has 2 N–H and O–H groups in total. The van der Waals surface area contributed by atoms with Crippen LogP contribution in [-0.4, -0.2) is 23.8 Å². The van der Waals surface area contributed by atoms with Crippen molar-refractivity contribution >= 4 is 0 Å². The van der Waals surface area contributed by atoms with E-state index >= 15 is 0 Å². The second-order valence-corrected chi connectivity index (χ2v) is 4.63. The lowest BCUT2D eigenvalue weighted by Crippen LogP contribution is -2.39. The molecule has 0 aliphatic heterocycles. The highest BCUT2D eigenvalue weighted by Crippen LogP contribution is 2.13. The fourth-order valence-corrected chi connectivity index (χ4v) is 2.13. The first-order chi connectivity index (χ1) is 7.15. The van der Waals surface area contributed by atoms with Crippen LogP contribution in [0.5, 0.6) is 0 Å². The molecule has 2 heteroatoms. The Morgan fingerprint density at radius 3 is 2.13 bits per heavy atom. The minimum atomic E-state index is -0.169. The standard InChI is InChI=1S/C13H29NO/c1-5-8-11(4)13(7-3)14-10-12(15)9-6-2/h11-15H,5-10H2,1-4H3. The number of rotatable bonds is 9. The van der Waals surface area contributed by atoms with Gasteiger partial charge in [0.1, 0.15) is 0 Å². The van der Waals surface area contributed by atoms with Crippen LogP contribution in [0.2, 0.25) is 0 Å². The molecular formula is C13H29NO. The van der Waals surface area contributed by atoms with Gasteiger partial charge in [-0.15, -0.1) is 0 Å². The molecule has 3 atom stereocenters. The summed E-state index contributed by atoms with van der Waals surface area (Å²) in [6.45, 7) is 9.61. The zero-order valence-corrected chi connectivity index (χ0v) is 10.9. The lowest BCUT2D eigenvalue weighted by Gasteiger charge is -2.25. The van der Waals surface area contributed by atoms with Crippen LogP contribution in [0.3, 0.4) is 0 Å². The molecule has 0 spiro atoms. The van der Waals surface area contributed by atoms with Gasteiger partial charge in [-0.05, 0) is 25.2 Å². The Bertz CT molecular complexity index is 138. The van der Waals surface area contributed by atoms with Gasteiger partial charge >= 0.3 is 0 Å². The van der Waals surface area contributed by atoms with Crippen LogP contribution in [0.1, 0.15) is 59.8 Å². The SMILES string of the molecule is CCCC(O)CNC(CC)C(C)CCC. The summed E-state index contributed by atoms with van der Waals surface area (Å²) in [5.74, 6) is 0.717. The Hall–Kier alpha value is -0.0800. The molecule has 0 aliphatic rings. The van der Waals surface area contributed by atoms with E-state index < -0.39 is 0 Å². The lowest BCUT2D eigenvalue weighted by molar-refractivity contribution is 0.150. The van der Waals surface area contributed by atoms with Crippen LogP contribution in [0.15, 0.2) is 0 Å². The molecule has 15 heavy (non-hydrogen) atoms. The first-order valence-electron chi connectivity index (χ1n) is 6.57. The fourth-order valence-electron chi connectivity index (χ4n) is 2.13. The molecule has 0 heterocycles. The maximum atomic E-state index is 9.64. The molecule has 0 aromatic rings. The maximum Gasteiger partial charge on any atom is 0.0664 e. The van der Waals surface area contributed by atoms with E-state index in [1.165, 1.54) is 12.8 Å². The van der Waals surface area contributed by atoms with Crippen molar-refractivity contribution in [2.45, 2.75) is 71.9 Å². The van der Waals surface area contributed by atoms with Gasteiger partial charge in [0.05, 0.1) is 6.10 Å². The monoisotopic (exact) mass is 215 g/mol. The van der Waals surface area contributed by atoms with Gasteiger partial charge in [-0.3, -0.25) is 0 Å². The van der Waals surface area contributed by atoms with Crippen molar-refractivity contribution in [1.82, 2.24) is 5.32 Å². The average molecular weight is 215 g/mol. The summed E-state index contributed by atoms with van der Waals surface area (Å²) in [5.41, 5.74) is 0. The second kappa shape index (κ2) is 9.17. The summed E-state index contributed by atoms with van der Waals surface area (Å²) < 4.78 is 0. The molecule has 0 aromatic carbocycles. The normalized spacial score (nSPS) is 17.4. The maximum absolute atomic E-state index is 9.64. The van der Waals surface area contributed by atoms with Crippen LogP contribution >= 0.6 is 0 Å². The van der Waals surface area contributed by atoms with Gasteiger partial charge in [0.25, 0.3) is 0 Å². The quantitative estimate of drug-likeness (QED) is 0.620. The molecule has 0 saturated carbocycles. The second-order valence-electron chi connectivity index (χ2n) is 4.63. The van der Waals surface area contributed by atoms with Gasteiger partial charge < -0.3 is 10.4 Å². The zero-order valence-electron chi connectivity index (χ0n) is 10.9. The largest absolute Gasteiger partial charge is 0.392 e. The van der Waals surface area contributed by atoms with E-state index in [9.17, 15) is 5.11 Å². The third kappa shape index (κ3) is 6.91. The van der Waals surface area contributed by atoms with Crippen molar-refractivity contribution in [3.05, 3.63) is 0 Å². The summed E-state index contributed by atoms with van der Waals surface area (Å²) in [5, 5.41) is 13.1. The molecule has 92 valence electrons. The minimum absolute atomic E-state index is 0.169. The fraction of sp³-hybridized carbons (Fsp3) is 1.00. The first kappa shape index (κ1) is 14.9. The highest BCUT2D eigenvalue weighted by atomic mass is 16.3. The van der Waals surface area contributed by atoms with Gasteiger partial charge in [0.2, 0.25) is 0 Å². The summed E-state index contributed by atoms with van der Waals surface area (Å²) in [6, 6.07) is 0.566. The highest BCUT2D eigenvalue weighted by molar-refractivity contribution is 4.73. The van der Waals surface area contributed by atoms with E-state index in [0.29, 0.717) is 12.0 Å². The van der Waals surface area contributed by atoms with Gasteiger partial charge in [0.15, 0.2) is 0 Å². The average Bonchev–Trinajstić information content (AvgIpc) is 2.19. The Kier molecular flexibility index (Phi) is 9.12. The number of hydrogen-bond donors (Lipinski definition) is 2. The molecule has 0 amide bonds. The van der Waals surface area contributed by atoms with Crippen molar-refractivity contribution < 1.29 is 5.11 Å². The predicted octanol–water partition coefficient (Wildman–Crippen LogP) is 2.95. The Morgan fingerprint density at radius 1 is 1.07 bits per heavy atom. The molecule has 0 saturated heterocycles. The van der Waals surface area contributed by atoms with E-state index in [1.807, 2.05) is 0 Å². The van der Waals surface area contributed by atoms with Gasteiger partial charge in [0, 0.05) is 12.6 Å². The smallest absolute Gasteiger partial charge is 0.0664 e. The van der Waals surface area contributed by atoms with E-state index in [4.69, 9.17) is 0 Å². The first-order valence-corrected chi connectivity index (χ1v) is 6.57. The number of aliphatic hydroxyl groups is 1. The van der Waals surface area contributed by atoms with Crippen LogP contribution < -0.4 is 5.32 Å². The van der Waals surface area contributed by atoms with Crippen molar-refractivity contribution in [3.63, 3.8) is 0 Å². The summed E-state index contributed by atoms with van der Waals surface area (Å²) >= 11 is 0. The molecule has 0 bridgehead atoms. The van der Waals surface area contributed by atoms with Crippen LogP contribution in [0.4, 0.5) is 0 Å². The van der Waals surface area contributed by atoms with Gasteiger partial charge in [-0.2, -0.15) is 0 Å². The van der Waals surface area contributed by atoms with Crippen LogP contribution in [0, 0.1) is 5.92 Å². The molecule has 3 unspecified atom stereocenters. The number of hydrogen-bond acceptors (Lipinski definition) is 2. The van der Waals surface area contributed by atoms with Gasteiger partial charge in [-0.1, -0.05) is 40.5 Å². The molecule has 2 nitrogen and oxygen atoms in total. The van der Waals surface area contributed by atoms with E-state index in [-0.39, 0.29) is 6.10 Å². The summed E-state index contributed by atoms with van der Waals surface area (Å²) in [7, 11) is 0. The molecule has 0 rings (SSSR count). The molecule has 0 aromatic heterocycles. The molecule has 0 aliphatic carbocycles. The Labute approximate surface area is 95.5 Å². The third-order valence-corrected chi connectivity index (χ3v) is 3.11. The summed E-state index contributed by atoms with van der Waals surface area (Å²) in [6.07, 6.45) is 5.47. The van der Waals surface area contributed by atoms with E-state index in [2.05, 4.69) is 33.0 Å². The number of aliphatic hydroxyl groups excluding tert-OH is 1. The zero-order chi connectivity index (χ0) is 11.7. The van der Waals surface area contributed by atoms with Crippen molar-refractivity contribution in [3.8, 4) is 0 Å². The topological polar surface area (TPSA) is 32.3 Å². The lowest BCUT2D eigenvalue weighted by atomic mass is 9.95. The predicted molar refractivity (Wildman–Crippen MR) is 67.1 cm³/mol. The minimum Gasteiger partial charge on any atom is -0.392 e. The van der Waals surface area contributed by atoms with Crippen molar-refractivity contribution in [2.24, 2.45) is 5.92 Å². The number of nitrogens with one attached hydrogen (secondary N) is 1. The van der Waals surface area contributed by atoms with Crippen molar-refractivity contribution in [1.29, 1.82) is 0 Å². The molecular weight excluding hydrogens is 186 g/mol. The highest BCUT2D eigenvalue weighted by Gasteiger charge is 2.15. The molecule has 0 radical (unpaired) electrons. The van der Waals surface area contributed by atoms with E-state index in [0.717, 1.165) is 25.8 Å². The Morgan fingerprint density at radius 2 is 1.67 bits per heavy atom.